The first kappa shape index (κ1) is 42.7. The van der Waals surface area contributed by atoms with Crippen molar-refractivity contribution < 1.29 is 34.4 Å². The number of ether oxygens (including phenoxy) is 2. The number of piperidine rings is 1. The van der Waals surface area contributed by atoms with E-state index in [1.54, 1.807) is 41.8 Å². The zero-order chi connectivity index (χ0) is 46.2. The molecule has 16 nitrogen and oxygen atoms in total. The molecule has 3 aliphatic heterocycles. The Kier molecular flexibility index (Phi) is 10.6. The van der Waals surface area contributed by atoms with Gasteiger partial charge in [0.05, 0.1) is 46.8 Å². The lowest BCUT2D eigenvalue weighted by Crippen LogP contribution is -2.49. The van der Waals surface area contributed by atoms with Gasteiger partial charge in [0, 0.05) is 46.2 Å². The smallest absolute Gasteiger partial charge is 0.355 e. The summed E-state index contributed by atoms with van der Waals surface area (Å²) in [5.74, 6) is -0.720. The van der Waals surface area contributed by atoms with Gasteiger partial charge in [-0.05, 0) is 123 Å². The number of phenols is 3. The molecule has 3 aromatic carbocycles. The summed E-state index contributed by atoms with van der Waals surface area (Å²) in [7, 11) is 0. The van der Waals surface area contributed by atoms with Crippen molar-refractivity contribution in [2.24, 2.45) is 5.92 Å². The predicted molar refractivity (Wildman–Crippen MR) is 246 cm³/mol. The van der Waals surface area contributed by atoms with E-state index >= 15 is 0 Å². The first-order valence-electron chi connectivity index (χ1n) is 22.6. The number of nitrogens with one attached hydrogen (secondary N) is 1. The van der Waals surface area contributed by atoms with Crippen LogP contribution in [0.15, 0.2) is 76.4 Å². The van der Waals surface area contributed by atoms with Crippen LogP contribution in [0, 0.1) is 5.92 Å². The number of aryl methyl sites for hydroxylation is 2. The number of benzene rings is 3. The lowest BCUT2D eigenvalue weighted by atomic mass is 9.85. The lowest BCUT2D eigenvalue weighted by molar-refractivity contribution is -0.190. The maximum Gasteiger partial charge on any atom is 0.355 e. The normalized spacial score (nSPS) is 17.3. The second-order valence-corrected chi connectivity index (χ2v) is 18.0. The number of aromatic hydroxyl groups is 3. The van der Waals surface area contributed by atoms with E-state index in [1.807, 2.05) is 56.1 Å². The fraction of sp³-hybridized carbons (Fsp3) is 0.360. The number of aromatic amines is 1. The molecule has 1 atom stereocenters. The fourth-order valence-electron chi connectivity index (χ4n) is 10.3. The third-order valence-electron chi connectivity index (χ3n) is 13.9. The van der Waals surface area contributed by atoms with E-state index in [2.05, 4.69) is 14.8 Å². The van der Waals surface area contributed by atoms with Gasteiger partial charge in [0.1, 0.15) is 23.9 Å². The van der Waals surface area contributed by atoms with E-state index in [0.717, 1.165) is 53.2 Å². The first-order valence-corrected chi connectivity index (χ1v) is 22.6. The lowest BCUT2D eigenvalue weighted by Gasteiger charge is -2.37. The van der Waals surface area contributed by atoms with Crippen LogP contribution in [0.25, 0.3) is 50.3 Å². The van der Waals surface area contributed by atoms with E-state index in [0.29, 0.717) is 64.7 Å². The number of esters is 2. The van der Waals surface area contributed by atoms with E-state index in [4.69, 9.17) is 14.5 Å². The molecule has 1 saturated heterocycles. The molecule has 0 bridgehead atoms. The van der Waals surface area contributed by atoms with Crippen LogP contribution in [0.1, 0.15) is 87.1 Å². The molecule has 340 valence electrons. The fourth-order valence-corrected chi connectivity index (χ4v) is 10.3. The third kappa shape index (κ3) is 7.01. The molecule has 0 amide bonds. The van der Waals surface area contributed by atoms with Crippen molar-refractivity contribution in [3.63, 3.8) is 0 Å². The summed E-state index contributed by atoms with van der Waals surface area (Å²) in [5.41, 5.74) is 4.34. The summed E-state index contributed by atoms with van der Waals surface area (Å²) >= 11 is 0. The summed E-state index contributed by atoms with van der Waals surface area (Å²) in [6, 6.07) is 17.5. The molecular formula is C50H51N7O9. The second-order valence-electron chi connectivity index (χ2n) is 18.0. The number of carbonyl (C=O) groups is 2. The van der Waals surface area contributed by atoms with Crippen LogP contribution in [0.5, 0.6) is 17.2 Å². The van der Waals surface area contributed by atoms with Crippen LogP contribution < -0.4 is 11.2 Å². The molecule has 7 aromatic rings. The zero-order valence-electron chi connectivity index (χ0n) is 37.3. The molecule has 0 radical (unpaired) electrons. The van der Waals surface area contributed by atoms with Crippen LogP contribution in [0.4, 0.5) is 0 Å². The molecule has 0 saturated carbocycles. The van der Waals surface area contributed by atoms with Gasteiger partial charge in [0.15, 0.2) is 5.82 Å². The zero-order valence-corrected chi connectivity index (χ0v) is 37.3. The molecule has 66 heavy (non-hydrogen) atoms. The Morgan fingerprint density at radius 1 is 0.970 bits per heavy atom. The van der Waals surface area contributed by atoms with Crippen LogP contribution in [-0.4, -0.2) is 80.7 Å². The highest BCUT2D eigenvalue weighted by atomic mass is 16.6. The Bertz CT molecular complexity index is 3240. The summed E-state index contributed by atoms with van der Waals surface area (Å²) < 4.78 is 17.0. The minimum absolute atomic E-state index is 0.0125. The van der Waals surface area contributed by atoms with Gasteiger partial charge in [-0.25, -0.2) is 24.2 Å². The highest BCUT2D eigenvalue weighted by Gasteiger charge is 2.50. The number of carbonyl (C=O) groups excluding carboxylic acids is 2. The van der Waals surface area contributed by atoms with Gasteiger partial charge in [-0.1, -0.05) is 27.7 Å². The van der Waals surface area contributed by atoms with Gasteiger partial charge in [-0.2, -0.15) is 5.10 Å². The van der Waals surface area contributed by atoms with Gasteiger partial charge >= 0.3 is 17.6 Å². The maximum absolute atomic E-state index is 14.2. The molecule has 0 spiro atoms. The standard InChI is InChI=1S/C50H51N7O9/c1-5-32-34-20-31(58)8-9-39(34)51-45-36(32)24-56-41(45)22-38-37(47(56)62)26-65-48(63)50(38,6-2)66-44(61)25-54-15-11-28(12-16-54)13-17-55-18-14-29-19-30(7-10-40(29)55)57-46(52-53-49(57)64)35-21-33(27(3)4)42(59)23-43(35)60/h7-10,14,18-23,27-28,58-60H,5-6,11-13,15-17,24-26H2,1-4H3,(H,53,64). The highest BCUT2D eigenvalue weighted by Crippen LogP contribution is 2.43. The monoisotopic (exact) mass is 893 g/mol. The number of hydrogen-bond acceptors (Lipinski definition) is 12. The Morgan fingerprint density at radius 3 is 2.53 bits per heavy atom. The molecule has 4 N–H and O–H groups in total. The largest absolute Gasteiger partial charge is 0.508 e. The molecule has 1 fully saturated rings. The molecule has 4 aromatic heterocycles. The van der Waals surface area contributed by atoms with Crippen molar-refractivity contribution in [2.75, 3.05) is 19.6 Å². The van der Waals surface area contributed by atoms with E-state index < -0.39 is 23.2 Å². The number of aromatic nitrogens is 6. The maximum atomic E-state index is 14.2. The average Bonchev–Trinajstić information content (AvgIpc) is 4.00. The predicted octanol–water partition coefficient (Wildman–Crippen LogP) is 6.73. The molecule has 3 aliphatic rings. The van der Waals surface area contributed by atoms with Crippen LogP contribution in [0.3, 0.4) is 0 Å². The van der Waals surface area contributed by atoms with Crippen molar-refractivity contribution in [1.29, 1.82) is 0 Å². The number of likely N-dealkylation sites (tertiary alicyclic amines) is 1. The van der Waals surface area contributed by atoms with Crippen LogP contribution >= 0.6 is 0 Å². The van der Waals surface area contributed by atoms with Gasteiger partial charge in [0.2, 0.25) is 5.60 Å². The molecule has 1 unspecified atom stereocenters. The van der Waals surface area contributed by atoms with Gasteiger partial charge in [0.25, 0.3) is 5.56 Å². The number of H-pyrrole nitrogens is 1. The average molecular weight is 894 g/mol. The van der Waals surface area contributed by atoms with Crippen molar-refractivity contribution in [1.82, 2.24) is 33.8 Å². The van der Waals surface area contributed by atoms with Crippen LogP contribution in [-0.2, 0) is 50.8 Å². The molecule has 7 heterocycles. The number of phenolic OH excluding ortho intramolecular Hbond substituents is 3. The summed E-state index contributed by atoms with van der Waals surface area (Å²) in [5, 5.41) is 39.9. The Labute approximate surface area is 378 Å². The van der Waals surface area contributed by atoms with E-state index in [-0.39, 0.29) is 66.2 Å². The SMILES string of the molecule is CCc1c2c(nc3ccc(O)cc13)-c1cc3c(c(=O)n1C2)COC(=O)C3(CC)OC(=O)CN1CCC(CCn2ccc3cc(-n4c(-c5cc(C(C)C)c(O)cc5O)n[nH]c4=O)ccc32)CC1. The van der Waals surface area contributed by atoms with Crippen molar-refractivity contribution in [3.8, 4) is 45.7 Å². The Hall–Kier alpha value is -7.20. The quantitative estimate of drug-likeness (QED) is 0.0998. The second kappa shape index (κ2) is 16.3. The third-order valence-corrected chi connectivity index (χ3v) is 13.9. The molecule has 16 heteroatoms. The van der Waals surface area contributed by atoms with E-state index in [9.17, 15) is 34.5 Å². The van der Waals surface area contributed by atoms with Crippen molar-refractivity contribution >= 4 is 33.7 Å². The molecule has 0 aliphatic carbocycles. The van der Waals surface area contributed by atoms with Crippen molar-refractivity contribution in [3.05, 3.63) is 116 Å². The number of pyridine rings is 2. The first-order chi connectivity index (χ1) is 31.8. The molecule has 10 rings (SSSR count). The number of hydrogen-bond donors (Lipinski definition) is 4. The number of fused-ring (bicyclic) bond motifs is 6. The summed E-state index contributed by atoms with van der Waals surface area (Å²) in [6.45, 7) is 9.82. The minimum atomic E-state index is -1.79. The van der Waals surface area contributed by atoms with Gasteiger partial charge in [-0.15, -0.1) is 0 Å². The minimum Gasteiger partial charge on any atom is -0.508 e. The van der Waals surface area contributed by atoms with Gasteiger partial charge in [-0.3, -0.25) is 14.5 Å². The topological polar surface area (TPSA) is 207 Å². The number of nitrogens with zero attached hydrogens (tertiary/aromatic N) is 6. The highest BCUT2D eigenvalue weighted by molar-refractivity contribution is 5.91. The number of cyclic esters (lactones) is 1. The summed E-state index contributed by atoms with van der Waals surface area (Å²) in [6.07, 6.45) is 5.44. The summed E-state index contributed by atoms with van der Waals surface area (Å²) in [4.78, 5) is 61.7. The van der Waals surface area contributed by atoms with E-state index in [1.165, 1.54) is 10.6 Å². The van der Waals surface area contributed by atoms with Crippen LogP contribution in [0.2, 0.25) is 0 Å². The Balaban J connectivity index is 0.804. The van der Waals surface area contributed by atoms with Gasteiger partial charge < -0.3 is 33.9 Å². The van der Waals surface area contributed by atoms with Crippen molar-refractivity contribution in [2.45, 2.75) is 91.0 Å². The Morgan fingerprint density at radius 2 is 1.77 bits per heavy atom. The number of rotatable bonds is 11. The molecular weight excluding hydrogens is 843 g/mol.